The summed E-state index contributed by atoms with van der Waals surface area (Å²) in [5.74, 6) is 0.379. The van der Waals surface area contributed by atoms with Crippen molar-refractivity contribution in [1.29, 1.82) is 0 Å². The lowest BCUT2D eigenvalue weighted by atomic mass is 10.4. The van der Waals surface area contributed by atoms with Crippen LogP contribution in [0.5, 0.6) is 0 Å². The molecule has 0 unspecified atom stereocenters. The smallest absolute Gasteiger partial charge is 0.141 e. The predicted octanol–water partition coefficient (Wildman–Crippen LogP) is 1.92. The Bertz CT molecular complexity index is 410. The minimum atomic E-state index is -0.318. The number of anilines is 1. The number of hydrogen-bond donors (Lipinski definition) is 1. The molecular formula is C11H13FN4. The molecular weight excluding hydrogens is 207 g/mol. The van der Waals surface area contributed by atoms with Crippen LogP contribution >= 0.6 is 0 Å². The summed E-state index contributed by atoms with van der Waals surface area (Å²) in [5, 5.41) is 7.21. The molecule has 1 N–H and O–H groups in total. The van der Waals surface area contributed by atoms with Gasteiger partial charge < -0.3 is 5.32 Å². The van der Waals surface area contributed by atoms with Crippen molar-refractivity contribution in [2.75, 3.05) is 11.9 Å². The third-order valence-corrected chi connectivity index (χ3v) is 2.16. The fraction of sp³-hybridized carbons (Fsp3) is 0.273. The van der Waals surface area contributed by atoms with Crippen molar-refractivity contribution < 1.29 is 4.39 Å². The molecule has 84 valence electrons. The van der Waals surface area contributed by atoms with Crippen LogP contribution in [0.3, 0.4) is 0 Å². The highest BCUT2D eigenvalue weighted by Gasteiger charge is 1.94. The number of aryl methyl sites for hydroxylation is 1. The van der Waals surface area contributed by atoms with E-state index < -0.39 is 0 Å². The van der Waals surface area contributed by atoms with E-state index >= 15 is 0 Å². The molecule has 0 atom stereocenters. The highest BCUT2D eigenvalue weighted by Crippen LogP contribution is 2.03. The lowest BCUT2D eigenvalue weighted by molar-refractivity contribution is 0.591. The Hall–Kier alpha value is -1.91. The van der Waals surface area contributed by atoms with Gasteiger partial charge in [0.1, 0.15) is 11.6 Å². The van der Waals surface area contributed by atoms with E-state index in [0.29, 0.717) is 5.82 Å². The van der Waals surface area contributed by atoms with Gasteiger partial charge in [0, 0.05) is 25.5 Å². The van der Waals surface area contributed by atoms with Crippen LogP contribution in [0.15, 0.2) is 36.8 Å². The standard InChI is InChI=1S/C11H13FN4/c12-10-3-4-11(14-9-10)13-5-1-7-16-8-2-6-15-16/h2-4,6,8-9H,1,5,7H2,(H,13,14). The molecule has 2 rings (SSSR count). The summed E-state index contributed by atoms with van der Waals surface area (Å²) in [6, 6.07) is 4.92. The Morgan fingerprint density at radius 2 is 2.31 bits per heavy atom. The first-order valence-corrected chi connectivity index (χ1v) is 5.17. The number of rotatable bonds is 5. The fourth-order valence-electron chi connectivity index (χ4n) is 1.37. The number of hydrogen-bond acceptors (Lipinski definition) is 3. The van der Waals surface area contributed by atoms with E-state index in [1.807, 2.05) is 16.9 Å². The molecule has 2 aromatic rings. The molecule has 0 spiro atoms. The maximum Gasteiger partial charge on any atom is 0.141 e. The molecule has 16 heavy (non-hydrogen) atoms. The van der Waals surface area contributed by atoms with Crippen LogP contribution in [0.25, 0.3) is 0 Å². The molecule has 0 bridgehead atoms. The summed E-state index contributed by atoms with van der Waals surface area (Å²) < 4.78 is 14.4. The molecule has 5 heteroatoms. The summed E-state index contributed by atoms with van der Waals surface area (Å²) in [7, 11) is 0. The SMILES string of the molecule is Fc1ccc(NCCCn2cccn2)nc1. The Balaban J connectivity index is 1.70. The second-order valence-electron chi connectivity index (χ2n) is 3.41. The van der Waals surface area contributed by atoms with Gasteiger partial charge in [0.2, 0.25) is 0 Å². The summed E-state index contributed by atoms with van der Waals surface area (Å²) in [5.41, 5.74) is 0. The van der Waals surface area contributed by atoms with Gasteiger partial charge in [-0.1, -0.05) is 0 Å². The van der Waals surface area contributed by atoms with Crippen LogP contribution in [0.4, 0.5) is 10.2 Å². The van der Waals surface area contributed by atoms with Gasteiger partial charge in [0.05, 0.1) is 6.20 Å². The lowest BCUT2D eigenvalue weighted by Gasteiger charge is -2.05. The van der Waals surface area contributed by atoms with E-state index in [9.17, 15) is 4.39 Å². The average Bonchev–Trinajstić information content (AvgIpc) is 2.80. The normalized spacial score (nSPS) is 10.3. The zero-order chi connectivity index (χ0) is 11.2. The number of aromatic nitrogens is 3. The molecule has 0 aliphatic carbocycles. The molecule has 4 nitrogen and oxygen atoms in total. The highest BCUT2D eigenvalue weighted by molar-refractivity contribution is 5.33. The monoisotopic (exact) mass is 220 g/mol. The van der Waals surface area contributed by atoms with Gasteiger partial charge in [-0.25, -0.2) is 9.37 Å². The summed E-state index contributed by atoms with van der Waals surface area (Å²) in [6.45, 7) is 1.65. The molecule has 0 aliphatic heterocycles. The quantitative estimate of drug-likeness (QED) is 0.783. The summed E-state index contributed by atoms with van der Waals surface area (Å²) in [6.07, 6.45) is 5.83. The fourth-order valence-corrected chi connectivity index (χ4v) is 1.37. The maximum absolute atomic E-state index is 12.6. The minimum absolute atomic E-state index is 0.318. The zero-order valence-electron chi connectivity index (χ0n) is 8.81. The molecule has 0 saturated heterocycles. The van der Waals surface area contributed by atoms with Gasteiger partial charge in [-0.05, 0) is 24.6 Å². The molecule has 2 aromatic heterocycles. The van der Waals surface area contributed by atoms with Crippen molar-refractivity contribution in [2.45, 2.75) is 13.0 Å². The average molecular weight is 220 g/mol. The molecule has 0 aliphatic rings. The molecule has 0 saturated carbocycles. The number of nitrogens with zero attached hydrogens (tertiary/aromatic N) is 3. The van der Waals surface area contributed by atoms with Crippen molar-refractivity contribution in [3.05, 3.63) is 42.6 Å². The van der Waals surface area contributed by atoms with Gasteiger partial charge in [0.25, 0.3) is 0 Å². The van der Waals surface area contributed by atoms with Gasteiger partial charge in [-0.15, -0.1) is 0 Å². The van der Waals surface area contributed by atoms with Crippen LogP contribution in [0.2, 0.25) is 0 Å². The first kappa shape index (κ1) is 10.6. The van der Waals surface area contributed by atoms with Crippen LogP contribution in [-0.4, -0.2) is 21.3 Å². The van der Waals surface area contributed by atoms with Crippen LogP contribution in [0, 0.1) is 5.82 Å². The lowest BCUT2D eigenvalue weighted by Crippen LogP contribution is -2.07. The largest absolute Gasteiger partial charge is 0.370 e. The van der Waals surface area contributed by atoms with Crippen molar-refractivity contribution in [3.63, 3.8) is 0 Å². The first-order valence-electron chi connectivity index (χ1n) is 5.17. The molecule has 0 fully saturated rings. The predicted molar refractivity (Wildman–Crippen MR) is 59.5 cm³/mol. The topological polar surface area (TPSA) is 42.7 Å². The molecule has 2 heterocycles. The Morgan fingerprint density at radius 1 is 1.38 bits per heavy atom. The molecule has 0 amide bonds. The van der Waals surface area contributed by atoms with Gasteiger partial charge in [-0.2, -0.15) is 5.10 Å². The Kier molecular flexibility index (Phi) is 3.48. The van der Waals surface area contributed by atoms with Gasteiger partial charge in [-0.3, -0.25) is 4.68 Å². The van der Waals surface area contributed by atoms with Crippen LogP contribution < -0.4 is 5.32 Å². The second kappa shape index (κ2) is 5.25. The van der Waals surface area contributed by atoms with Gasteiger partial charge in [0.15, 0.2) is 0 Å². The Labute approximate surface area is 93.1 Å². The minimum Gasteiger partial charge on any atom is -0.370 e. The maximum atomic E-state index is 12.6. The third-order valence-electron chi connectivity index (χ3n) is 2.16. The van der Waals surface area contributed by atoms with Crippen molar-refractivity contribution in [1.82, 2.24) is 14.8 Å². The van der Waals surface area contributed by atoms with Crippen molar-refractivity contribution in [3.8, 4) is 0 Å². The number of nitrogens with one attached hydrogen (secondary N) is 1. The number of halogens is 1. The van der Waals surface area contributed by atoms with E-state index in [4.69, 9.17) is 0 Å². The second-order valence-corrected chi connectivity index (χ2v) is 3.41. The van der Waals surface area contributed by atoms with E-state index in [-0.39, 0.29) is 5.82 Å². The van der Waals surface area contributed by atoms with E-state index in [0.717, 1.165) is 19.5 Å². The van der Waals surface area contributed by atoms with Crippen LogP contribution in [0.1, 0.15) is 6.42 Å². The first-order chi connectivity index (χ1) is 7.84. The summed E-state index contributed by atoms with van der Waals surface area (Å²) >= 11 is 0. The van der Waals surface area contributed by atoms with Crippen molar-refractivity contribution >= 4 is 5.82 Å². The van der Waals surface area contributed by atoms with E-state index in [1.54, 1.807) is 12.3 Å². The van der Waals surface area contributed by atoms with Gasteiger partial charge >= 0.3 is 0 Å². The third kappa shape index (κ3) is 3.05. The van der Waals surface area contributed by atoms with E-state index in [1.165, 1.54) is 12.3 Å². The highest BCUT2D eigenvalue weighted by atomic mass is 19.1. The van der Waals surface area contributed by atoms with Crippen molar-refractivity contribution in [2.24, 2.45) is 0 Å². The van der Waals surface area contributed by atoms with E-state index in [2.05, 4.69) is 15.4 Å². The Morgan fingerprint density at radius 3 is 3.00 bits per heavy atom. The summed E-state index contributed by atoms with van der Waals surface area (Å²) in [4.78, 5) is 3.90. The van der Waals surface area contributed by atoms with Crippen LogP contribution in [-0.2, 0) is 6.54 Å². The molecule has 0 radical (unpaired) electrons. The molecule has 0 aromatic carbocycles. The number of pyridine rings is 1. The zero-order valence-corrected chi connectivity index (χ0v) is 8.81.